The van der Waals surface area contributed by atoms with E-state index in [0.29, 0.717) is 28.9 Å². The number of carbonyl (C=O) groups is 1. The molecule has 1 aliphatic heterocycles. The second kappa shape index (κ2) is 8.15. The first-order valence-corrected chi connectivity index (χ1v) is 10.5. The first-order valence-electron chi connectivity index (χ1n) is 8.97. The maximum absolute atomic E-state index is 12.5. The standard InChI is InChI=1S/C20H19Cl2N3O2S/c1-13-10-15(3-4-16(13)22)27-12-19(26)24-6-8-25(9-7-24)20-23-17-5-2-14(21)11-18(17)28-20/h2-5,10-11H,6-9,12H2,1H3. The van der Waals surface area contributed by atoms with E-state index in [1.807, 2.05) is 36.1 Å². The molecule has 1 aliphatic rings. The van der Waals surface area contributed by atoms with E-state index in [4.69, 9.17) is 27.9 Å². The Morgan fingerprint density at radius 3 is 2.68 bits per heavy atom. The summed E-state index contributed by atoms with van der Waals surface area (Å²) in [7, 11) is 0. The van der Waals surface area contributed by atoms with E-state index in [2.05, 4.69) is 9.88 Å². The van der Waals surface area contributed by atoms with Gasteiger partial charge in [0.1, 0.15) is 5.75 Å². The van der Waals surface area contributed by atoms with Crippen LogP contribution in [0, 0.1) is 6.92 Å². The molecular formula is C20H19Cl2N3O2S. The van der Waals surface area contributed by atoms with Crippen molar-refractivity contribution in [2.24, 2.45) is 0 Å². The number of benzene rings is 2. The molecule has 1 saturated heterocycles. The molecule has 0 spiro atoms. The molecule has 0 unspecified atom stereocenters. The van der Waals surface area contributed by atoms with Crippen LogP contribution >= 0.6 is 34.5 Å². The van der Waals surface area contributed by atoms with E-state index in [-0.39, 0.29) is 12.5 Å². The van der Waals surface area contributed by atoms with Gasteiger partial charge < -0.3 is 14.5 Å². The third kappa shape index (κ3) is 4.19. The Morgan fingerprint density at radius 1 is 1.14 bits per heavy atom. The molecule has 28 heavy (non-hydrogen) atoms. The number of rotatable bonds is 4. The minimum Gasteiger partial charge on any atom is -0.484 e. The summed E-state index contributed by atoms with van der Waals surface area (Å²) >= 11 is 13.7. The summed E-state index contributed by atoms with van der Waals surface area (Å²) < 4.78 is 6.71. The van der Waals surface area contributed by atoms with E-state index in [0.717, 1.165) is 34.0 Å². The third-order valence-corrected chi connectivity index (χ3v) is 6.47. The molecule has 0 bridgehead atoms. The van der Waals surface area contributed by atoms with E-state index in [9.17, 15) is 4.79 Å². The molecule has 1 amide bonds. The molecule has 146 valence electrons. The average Bonchev–Trinajstić information content (AvgIpc) is 3.12. The maximum Gasteiger partial charge on any atom is 0.260 e. The number of ether oxygens (including phenoxy) is 1. The van der Waals surface area contributed by atoms with Crippen LogP contribution < -0.4 is 9.64 Å². The number of amides is 1. The maximum atomic E-state index is 12.5. The Bertz CT molecular complexity index is 1020. The van der Waals surface area contributed by atoms with Crippen LogP contribution in [0.4, 0.5) is 5.13 Å². The molecule has 3 aromatic rings. The van der Waals surface area contributed by atoms with Gasteiger partial charge in [0, 0.05) is 36.2 Å². The van der Waals surface area contributed by atoms with Crippen LogP contribution in [0.1, 0.15) is 5.56 Å². The predicted octanol–water partition coefficient (Wildman–Crippen LogP) is 4.64. The molecule has 0 aliphatic carbocycles. The smallest absolute Gasteiger partial charge is 0.260 e. The number of aromatic nitrogens is 1. The number of hydrogen-bond acceptors (Lipinski definition) is 5. The fraction of sp³-hybridized carbons (Fsp3) is 0.300. The monoisotopic (exact) mass is 435 g/mol. The van der Waals surface area contributed by atoms with Gasteiger partial charge in [0.15, 0.2) is 11.7 Å². The summed E-state index contributed by atoms with van der Waals surface area (Å²) in [4.78, 5) is 21.2. The Kier molecular flexibility index (Phi) is 5.62. The zero-order valence-corrected chi connectivity index (χ0v) is 17.7. The number of thiazole rings is 1. The third-order valence-electron chi connectivity index (χ3n) is 4.73. The van der Waals surface area contributed by atoms with Crippen LogP contribution in [0.5, 0.6) is 5.75 Å². The second-order valence-corrected chi connectivity index (χ2v) is 8.53. The number of aryl methyl sites for hydroxylation is 1. The zero-order valence-electron chi connectivity index (χ0n) is 15.3. The van der Waals surface area contributed by atoms with Crippen molar-refractivity contribution in [1.29, 1.82) is 0 Å². The minimum atomic E-state index is -0.0108. The number of piperazine rings is 1. The Hall–Kier alpha value is -2.02. The number of hydrogen-bond donors (Lipinski definition) is 0. The lowest BCUT2D eigenvalue weighted by atomic mass is 10.2. The van der Waals surface area contributed by atoms with Crippen LogP contribution in [0.15, 0.2) is 36.4 Å². The molecular weight excluding hydrogens is 417 g/mol. The number of carbonyl (C=O) groups excluding carboxylic acids is 1. The largest absolute Gasteiger partial charge is 0.484 e. The molecule has 2 heterocycles. The van der Waals surface area contributed by atoms with Gasteiger partial charge in [-0.15, -0.1) is 0 Å². The van der Waals surface area contributed by atoms with Crippen LogP contribution in [0.2, 0.25) is 10.0 Å². The van der Waals surface area contributed by atoms with E-state index in [1.165, 1.54) is 0 Å². The van der Waals surface area contributed by atoms with Crippen molar-refractivity contribution in [1.82, 2.24) is 9.88 Å². The van der Waals surface area contributed by atoms with Gasteiger partial charge in [-0.05, 0) is 48.9 Å². The Balaban J connectivity index is 1.32. The van der Waals surface area contributed by atoms with Gasteiger partial charge in [0.25, 0.3) is 5.91 Å². The van der Waals surface area contributed by atoms with Gasteiger partial charge in [0.05, 0.1) is 10.2 Å². The predicted molar refractivity (Wildman–Crippen MR) is 115 cm³/mol. The number of anilines is 1. The highest BCUT2D eigenvalue weighted by molar-refractivity contribution is 7.22. The summed E-state index contributed by atoms with van der Waals surface area (Å²) in [5.74, 6) is 0.644. The molecule has 0 N–H and O–H groups in total. The highest BCUT2D eigenvalue weighted by Crippen LogP contribution is 2.31. The van der Waals surface area contributed by atoms with Crippen molar-refractivity contribution >= 4 is 55.8 Å². The van der Waals surface area contributed by atoms with Gasteiger partial charge in [-0.1, -0.05) is 34.5 Å². The highest BCUT2D eigenvalue weighted by Gasteiger charge is 2.23. The van der Waals surface area contributed by atoms with Gasteiger partial charge >= 0.3 is 0 Å². The molecule has 1 aromatic heterocycles. The summed E-state index contributed by atoms with van der Waals surface area (Å²) in [5, 5.41) is 2.37. The van der Waals surface area contributed by atoms with Gasteiger partial charge in [-0.3, -0.25) is 4.79 Å². The fourth-order valence-corrected chi connectivity index (χ4v) is 4.52. The van der Waals surface area contributed by atoms with Crippen LogP contribution in [0.25, 0.3) is 10.2 Å². The molecule has 4 rings (SSSR count). The van der Waals surface area contributed by atoms with Crippen molar-refractivity contribution < 1.29 is 9.53 Å². The van der Waals surface area contributed by atoms with Gasteiger partial charge in [-0.25, -0.2) is 4.98 Å². The Morgan fingerprint density at radius 2 is 1.93 bits per heavy atom. The number of fused-ring (bicyclic) bond motifs is 1. The fourth-order valence-electron chi connectivity index (χ4n) is 3.11. The van der Waals surface area contributed by atoms with E-state index in [1.54, 1.807) is 23.5 Å². The SMILES string of the molecule is Cc1cc(OCC(=O)N2CCN(c3nc4ccc(Cl)cc4s3)CC2)ccc1Cl. The lowest BCUT2D eigenvalue weighted by molar-refractivity contribution is -0.133. The number of nitrogens with zero attached hydrogens (tertiary/aromatic N) is 3. The quantitative estimate of drug-likeness (QED) is 0.598. The van der Waals surface area contributed by atoms with Crippen molar-refractivity contribution in [2.45, 2.75) is 6.92 Å². The highest BCUT2D eigenvalue weighted by atomic mass is 35.5. The topological polar surface area (TPSA) is 45.7 Å². The summed E-state index contributed by atoms with van der Waals surface area (Å²) in [6.07, 6.45) is 0. The number of halogens is 2. The van der Waals surface area contributed by atoms with Crippen LogP contribution in [0.3, 0.4) is 0 Å². The van der Waals surface area contributed by atoms with E-state index < -0.39 is 0 Å². The van der Waals surface area contributed by atoms with Gasteiger partial charge in [-0.2, -0.15) is 0 Å². The zero-order chi connectivity index (χ0) is 19.7. The summed E-state index contributed by atoms with van der Waals surface area (Å²) in [6.45, 7) is 4.74. The summed E-state index contributed by atoms with van der Waals surface area (Å²) in [5.41, 5.74) is 1.88. The molecule has 8 heteroatoms. The second-order valence-electron chi connectivity index (χ2n) is 6.68. The minimum absolute atomic E-state index is 0.0108. The van der Waals surface area contributed by atoms with Crippen LogP contribution in [-0.4, -0.2) is 48.6 Å². The van der Waals surface area contributed by atoms with Crippen molar-refractivity contribution in [2.75, 3.05) is 37.7 Å². The average molecular weight is 436 g/mol. The van der Waals surface area contributed by atoms with Crippen molar-refractivity contribution in [3.05, 3.63) is 52.0 Å². The first-order chi connectivity index (χ1) is 13.5. The Labute approximate surface area is 177 Å². The van der Waals surface area contributed by atoms with Crippen LogP contribution in [-0.2, 0) is 4.79 Å². The molecule has 0 saturated carbocycles. The van der Waals surface area contributed by atoms with Gasteiger partial charge in [0.2, 0.25) is 0 Å². The van der Waals surface area contributed by atoms with Crippen molar-refractivity contribution in [3.63, 3.8) is 0 Å². The molecule has 0 radical (unpaired) electrons. The molecule has 0 atom stereocenters. The molecule has 2 aromatic carbocycles. The molecule has 5 nitrogen and oxygen atoms in total. The lowest BCUT2D eigenvalue weighted by Crippen LogP contribution is -2.50. The van der Waals surface area contributed by atoms with Crippen molar-refractivity contribution in [3.8, 4) is 5.75 Å². The lowest BCUT2D eigenvalue weighted by Gasteiger charge is -2.34. The first kappa shape index (κ1) is 19.3. The molecule has 1 fully saturated rings. The van der Waals surface area contributed by atoms with E-state index >= 15 is 0 Å². The normalized spacial score (nSPS) is 14.5. The summed E-state index contributed by atoms with van der Waals surface area (Å²) in [6, 6.07) is 11.1.